The van der Waals surface area contributed by atoms with Gasteiger partial charge in [0.2, 0.25) is 5.91 Å². The quantitative estimate of drug-likeness (QED) is 0.539. The van der Waals surface area contributed by atoms with Crippen LogP contribution < -0.4 is 0 Å². The third kappa shape index (κ3) is 4.96. The minimum absolute atomic E-state index is 0.00566. The highest BCUT2D eigenvalue weighted by Gasteiger charge is 2.29. The number of benzene rings is 1. The van der Waals surface area contributed by atoms with E-state index in [0.29, 0.717) is 13.0 Å². The summed E-state index contributed by atoms with van der Waals surface area (Å²) in [4.78, 5) is 15.4. The molecule has 3 heterocycles. The second-order valence-electron chi connectivity index (χ2n) is 7.35. The molecule has 9 heteroatoms. The molecule has 1 aliphatic rings. The first-order valence-electron chi connectivity index (χ1n) is 9.65. The molecule has 1 unspecified atom stereocenters. The Morgan fingerprint density at radius 1 is 1.27 bits per heavy atom. The standard InChI is InChI=1S/C21H23N3O3S3/c1-23(20(25)14-29-18-9-11-30(26,27)15-18)12-16-13-24(17-6-3-2-4-7-17)22-21(16)19-8-5-10-28-19/h2-8,10,13,18H,9,11-12,14-15H2,1H3. The van der Waals surface area contributed by atoms with E-state index < -0.39 is 9.84 Å². The molecule has 158 valence electrons. The van der Waals surface area contributed by atoms with Crippen molar-refractivity contribution in [2.75, 3.05) is 24.3 Å². The number of hydrogen-bond donors (Lipinski definition) is 0. The second-order valence-corrected chi connectivity index (χ2v) is 11.8. The summed E-state index contributed by atoms with van der Waals surface area (Å²) in [5, 5.41) is 6.82. The molecular weight excluding hydrogens is 438 g/mol. The lowest BCUT2D eigenvalue weighted by Crippen LogP contribution is -2.28. The van der Waals surface area contributed by atoms with E-state index in [4.69, 9.17) is 5.10 Å². The van der Waals surface area contributed by atoms with Crippen LogP contribution in [0.25, 0.3) is 16.3 Å². The van der Waals surface area contributed by atoms with E-state index >= 15 is 0 Å². The Kier molecular flexibility index (Phi) is 6.31. The second kappa shape index (κ2) is 8.95. The van der Waals surface area contributed by atoms with Gasteiger partial charge in [0.25, 0.3) is 0 Å². The van der Waals surface area contributed by atoms with Crippen molar-refractivity contribution in [3.05, 3.63) is 59.6 Å². The molecular formula is C21H23N3O3S3. The van der Waals surface area contributed by atoms with Crippen LogP contribution in [0.5, 0.6) is 0 Å². The van der Waals surface area contributed by atoms with Crippen LogP contribution in [0.2, 0.25) is 0 Å². The van der Waals surface area contributed by atoms with Gasteiger partial charge in [0.15, 0.2) is 9.84 Å². The van der Waals surface area contributed by atoms with Gasteiger partial charge in [-0.1, -0.05) is 24.3 Å². The van der Waals surface area contributed by atoms with Crippen molar-refractivity contribution < 1.29 is 13.2 Å². The van der Waals surface area contributed by atoms with Gasteiger partial charge in [-0.15, -0.1) is 23.1 Å². The number of para-hydroxylation sites is 1. The average molecular weight is 462 g/mol. The van der Waals surface area contributed by atoms with Gasteiger partial charge in [0.05, 0.1) is 27.8 Å². The summed E-state index contributed by atoms with van der Waals surface area (Å²) >= 11 is 3.07. The molecule has 0 N–H and O–H groups in total. The average Bonchev–Trinajstić information content (AvgIpc) is 3.46. The normalized spacial score (nSPS) is 17.8. The number of sulfone groups is 1. The number of rotatable bonds is 7. The number of amides is 1. The maximum atomic E-state index is 12.7. The van der Waals surface area contributed by atoms with Crippen LogP contribution in [0, 0.1) is 0 Å². The summed E-state index contributed by atoms with van der Waals surface area (Å²) in [6.07, 6.45) is 2.61. The van der Waals surface area contributed by atoms with E-state index in [2.05, 4.69) is 0 Å². The van der Waals surface area contributed by atoms with Gasteiger partial charge in [-0.2, -0.15) is 5.10 Å². The summed E-state index contributed by atoms with van der Waals surface area (Å²) in [6, 6.07) is 13.9. The summed E-state index contributed by atoms with van der Waals surface area (Å²) in [6.45, 7) is 0.447. The third-order valence-corrected chi connectivity index (χ3v) is 9.17. The number of thioether (sulfide) groups is 1. The van der Waals surface area contributed by atoms with Gasteiger partial charge in [0, 0.05) is 30.6 Å². The molecule has 30 heavy (non-hydrogen) atoms. The van der Waals surface area contributed by atoms with Gasteiger partial charge >= 0.3 is 0 Å². The number of aromatic nitrogens is 2. The van der Waals surface area contributed by atoms with Crippen LogP contribution in [0.3, 0.4) is 0 Å². The lowest BCUT2D eigenvalue weighted by atomic mass is 10.2. The monoisotopic (exact) mass is 461 g/mol. The smallest absolute Gasteiger partial charge is 0.232 e. The Bertz CT molecular complexity index is 1110. The summed E-state index contributed by atoms with van der Waals surface area (Å²) in [5.41, 5.74) is 2.82. The van der Waals surface area contributed by atoms with Crippen LogP contribution in [0.1, 0.15) is 12.0 Å². The molecule has 0 radical (unpaired) electrons. The molecule has 3 aromatic rings. The predicted octanol–water partition coefficient (Wildman–Crippen LogP) is 3.48. The number of hydrogen-bond acceptors (Lipinski definition) is 6. The van der Waals surface area contributed by atoms with E-state index in [9.17, 15) is 13.2 Å². The molecule has 1 amide bonds. The molecule has 0 saturated carbocycles. The van der Waals surface area contributed by atoms with Gasteiger partial charge in [0.1, 0.15) is 5.69 Å². The number of thiophene rings is 1. The zero-order chi connectivity index (χ0) is 21.1. The minimum atomic E-state index is -2.92. The van der Waals surface area contributed by atoms with Crippen molar-refractivity contribution >= 4 is 38.8 Å². The fraction of sp³-hybridized carbons (Fsp3) is 0.333. The Balaban J connectivity index is 1.47. The molecule has 0 aliphatic carbocycles. The highest BCUT2D eigenvalue weighted by Crippen LogP contribution is 2.29. The SMILES string of the molecule is CN(Cc1cn(-c2ccccc2)nc1-c1cccs1)C(=O)CSC1CCS(=O)(=O)C1. The minimum Gasteiger partial charge on any atom is -0.341 e. The van der Waals surface area contributed by atoms with Gasteiger partial charge in [-0.25, -0.2) is 13.1 Å². The first-order chi connectivity index (χ1) is 14.4. The molecule has 1 aromatic carbocycles. The predicted molar refractivity (Wildman–Crippen MR) is 123 cm³/mol. The molecule has 0 bridgehead atoms. The fourth-order valence-electron chi connectivity index (χ4n) is 3.39. The van der Waals surface area contributed by atoms with E-state index in [0.717, 1.165) is 21.8 Å². The Labute approximate surface area is 184 Å². The maximum absolute atomic E-state index is 12.7. The van der Waals surface area contributed by atoms with Gasteiger partial charge in [-0.05, 0) is 30.0 Å². The lowest BCUT2D eigenvalue weighted by molar-refractivity contribution is -0.127. The van der Waals surface area contributed by atoms with E-state index in [1.165, 1.54) is 11.8 Å². The molecule has 4 rings (SSSR count). The van der Waals surface area contributed by atoms with Crippen molar-refractivity contribution in [3.63, 3.8) is 0 Å². The largest absolute Gasteiger partial charge is 0.341 e. The third-order valence-electron chi connectivity index (χ3n) is 5.03. The summed E-state index contributed by atoms with van der Waals surface area (Å²) in [7, 11) is -1.14. The molecule has 1 atom stereocenters. The lowest BCUT2D eigenvalue weighted by Gasteiger charge is -2.17. The number of nitrogens with zero attached hydrogens (tertiary/aromatic N) is 3. The number of carbonyl (C=O) groups is 1. The summed E-state index contributed by atoms with van der Waals surface area (Å²) < 4.78 is 25.1. The summed E-state index contributed by atoms with van der Waals surface area (Å²) in [5.74, 6) is 0.699. The molecule has 6 nitrogen and oxygen atoms in total. The number of carbonyl (C=O) groups excluding carboxylic acids is 1. The van der Waals surface area contributed by atoms with Crippen molar-refractivity contribution in [2.24, 2.45) is 0 Å². The molecule has 0 spiro atoms. The van der Waals surface area contributed by atoms with Crippen molar-refractivity contribution in [1.82, 2.24) is 14.7 Å². The van der Waals surface area contributed by atoms with Crippen LogP contribution in [-0.2, 0) is 21.2 Å². The van der Waals surface area contributed by atoms with Crippen molar-refractivity contribution in [2.45, 2.75) is 18.2 Å². The Morgan fingerprint density at radius 2 is 2.07 bits per heavy atom. The zero-order valence-corrected chi connectivity index (χ0v) is 19.0. The highest BCUT2D eigenvalue weighted by molar-refractivity contribution is 8.02. The molecule has 2 aromatic heterocycles. The van der Waals surface area contributed by atoms with Crippen molar-refractivity contribution in [1.29, 1.82) is 0 Å². The molecule has 1 fully saturated rings. The zero-order valence-electron chi connectivity index (χ0n) is 16.6. The fourth-order valence-corrected chi connectivity index (χ4v) is 7.72. The van der Waals surface area contributed by atoms with E-state index in [1.807, 2.05) is 58.7 Å². The van der Waals surface area contributed by atoms with E-state index in [-0.39, 0.29) is 28.4 Å². The van der Waals surface area contributed by atoms with Crippen LogP contribution in [0.15, 0.2) is 54.0 Å². The molecule has 1 aliphatic heterocycles. The topological polar surface area (TPSA) is 72.3 Å². The van der Waals surface area contributed by atoms with Crippen molar-refractivity contribution in [3.8, 4) is 16.3 Å². The van der Waals surface area contributed by atoms with Crippen LogP contribution in [-0.4, -0.2) is 58.6 Å². The first-order valence-corrected chi connectivity index (χ1v) is 13.4. The Morgan fingerprint density at radius 3 is 2.73 bits per heavy atom. The van der Waals surface area contributed by atoms with E-state index in [1.54, 1.807) is 23.3 Å². The van der Waals surface area contributed by atoms with Gasteiger partial charge < -0.3 is 4.90 Å². The molecule has 1 saturated heterocycles. The van der Waals surface area contributed by atoms with Crippen LogP contribution >= 0.6 is 23.1 Å². The Hall–Kier alpha value is -2.10. The van der Waals surface area contributed by atoms with Crippen LogP contribution in [0.4, 0.5) is 0 Å². The first kappa shape index (κ1) is 21.1. The highest BCUT2D eigenvalue weighted by atomic mass is 32.2. The van der Waals surface area contributed by atoms with Gasteiger partial charge in [-0.3, -0.25) is 4.79 Å². The maximum Gasteiger partial charge on any atom is 0.232 e.